The van der Waals surface area contributed by atoms with Crippen LogP contribution in [-0.2, 0) is 0 Å². The number of nitrogens with zero attached hydrogens (tertiary/aromatic N) is 1. The van der Waals surface area contributed by atoms with Crippen LogP contribution in [0.15, 0.2) is 71.7 Å². The third kappa shape index (κ3) is 4.04. The van der Waals surface area contributed by atoms with Crippen molar-refractivity contribution in [3.8, 4) is 11.5 Å². The summed E-state index contributed by atoms with van der Waals surface area (Å²) in [5.74, 6) is 2.14. The van der Waals surface area contributed by atoms with Gasteiger partial charge in [0, 0.05) is 15.6 Å². The second kappa shape index (κ2) is 8.36. The van der Waals surface area contributed by atoms with Gasteiger partial charge in [0.15, 0.2) is 11.5 Å². The van der Waals surface area contributed by atoms with Crippen LogP contribution in [0.3, 0.4) is 0 Å². The van der Waals surface area contributed by atoms with Crippen molar-refractivity contribution >= 4 is 29.0 Å². The van der Waals surface area contributed by atoms with Gasteiger partial charge < -0.3 is 14.8 Å². The summed E-state index contributed by atoms with van der Waals surface area (Å²) < 4.78 is 10.8. The molecule has 29 heavy (non-hydrogen) atoms. The largest absolute Gasteiger partial charge is 0.493 e. The Hall–Kier alpha value is -2.69. The van der Waals surface area contributed by atoms with E-state index in [1.165, 1.54) is 0 Å². The number of rotatable bonds is 5. The van der Waals surface area contributed by atoms with Crippen molar-refractivity contribution in [1.29, 1.82) is 0 Å². The number of ether oxygens (including phenoxy) is 2. The molecule has 4 nitrogen and oxygen atoms in total. The second-order valence-corrected chi connectivity index (χ2v) is 7.59. The minimum absolute atomic E-state index is 0.0310. The highest BCUT2D eigenvalue weighted by atomic mass is 35.5. The SMILES string of the molecule is COc1ccc(C2=N[C@H](c3ccc(Cl)cc3)[C@H](c3ccc(Cl)cc3)N2)cc1OC. The first-order valence-electron chi connectivity index (χ1n) is 9.16. The first-order chi connectivity index (χ1) is 14.1. The minimum Gasteiger partial charge on any atom is -0.493 e. The molecule has 3 aromatic rings. The zero-order valence-electron chi connectivity index (χ0n) is 16.0. The lowest BCUT2D eigenvalue weighted by Gasteiger charge is -2.20. The zero-order valence-corrected chi connectivity index (χ0v) is 17.5. The molecule has 0 spiro atoms. The number of amidine groups is 1. The first kappa shape index (κ1) is 19.6. The third-order valence-electron chi connectivity index (χ3n) is 4.97. The summed E-state index contributed by atoms with van der Waals surface area (Å²) in [7, 11) is 3.24. The van der Waals surface area contributed by atoms with Crippen LogP contribution in [0.25, 0.3) is 0 Å². The molecule has 1 N–H and O–H groups in total. The Kier molecular flexibility index (Phi) is 5.65. The average Bonchev–Trinajstić information content (AvgIpc) is 3.19. The van der Waals surface area contributed by atoms with Crippen molar-refractivity contribution < 1.29 is 9.47 Å². The van der Waals surface area contributed by atoms with E-state index in [1.54, 1.807) is 14.2 Å². The van der Waals surface area contributed by atoms with E-state index < -0.39 is 0 Å². The normalized spacial score (nSPS) is 18.1. The molecule has 1 heterocycles. The molecule has 0 amide bonds. The van der Waals surface area contributed by atoms with Crippen molar-refractivity contribution in [1.82, 2.24) is 5.32 Å². The molecule has 0 saturated heterocycles. The topological polar surface area (TPSA) is 42.8 Å². The first-order valence-corrected chi connectivity index (χ1v) is 9.92. The fourth-order valence-corrected chi connectivity index (χ4v) is 3.73. The smallest absolute Gasteiger partial charge is 0.161 e. The summed E-state index contributed by atoms with van der Waals surface area (Å²) in [5.41, 5.74) is 3.11. The van der Waals surface area contributed by atoms with Gasteiger partial charge in [0.05, 0.1) is 20.3 Å². The molecule has 0 unspecified atom stereocenters. The van der Waals surface area contributed by atoms with Crippen LogP contribution >= 0.6 is 23.2 Å². The van der Waals surface area contributed by atoms with E-state index in [1.807, 2.05) is 66.7 Å². The van der Waals surface area contributed by atoms with Crippen LogP contribution in [0, 0.1) is 0 Å². The summed E-state index contributed by atoms with van der Waals surface area (Å²) in [6.07, 6.45) is 0. The van der Waals surface area contributed by atoms with Crippen LogP contribution in [-0.4, -0.2) is 20.1 Å². The molecular formula is C23H20Cl2N2O2. The van der Waals surface area contributed by atoms with Crippen molar-refractivity contribution in [2.24, 2.45) is 4.99 Å². The van der Waals surface area contributed by atoms with Crippen LogP contribution in [0.1, 0.15) is 28.8 Å². The van der Waals surface area contributed by atoms with Gasteiger partial charge in [-0.1, -0.05) is 47.5 Å². The Morgan fingerprint density at radius 2 is 1.34 bits per heavy atom. The summed E-state index contributed by atoms with van der Waals surface area (Å²) in [6, 6.07) is 21.3. The minimum atomic E-state index is -0.100. The summed E-state index contributed by atoms with van der Waals surface area (Å²) in [4.78, 5) is 5.00. The predicted octanol–water partition coefficient (Wildman–Crippen LogP) is 5.84. The lowest BCUT2D eigenvalue weighted by atomic mass is 9.95. The standard InChI is InChI=1S/C23H20Cl2N2O2/c1-28-19-12-7-16(13-20(19)29-2)23-26-21(14-3-8-17(24)9-4-14)22(27-23)15-5-10-18(25)11-6-15/h3-13,21-22H,1-2H3,(H,26,27)/t21-,22+. The van der Waals surface area contributed by atoms with Crippen LogP contribution in [0.4, 0.5) is 0 Å². The quantitative estimate of drug-likeness (QED) is 0.556. The Morgan fingerprint density at radius 3 is 1.93 bits per heavy atom. The molecule has 6 heteroatoms. The summed E-state index contributed by atoms with van der Waals surface area (Å²) in [5, 5.41) is 4.98. The van der Waals surface area contributed by atoms with E-state index in [4.69, 9.17) is 37.7 Å². The van der Waals surface area contributed by atoms with Crippen molar-refractivity contribution in [2.75, 3.05) is 14.2 Å². The molecule has 0 bridgehead atoms. The van der Waals surface area contributed by atoms with Crippen molar-refractivity contribution in [3.05, 3.63) is 93.5 Å². The molecule has 1 aliphatic rings. The molecule has 148 valence electrons. The second-order valence-electron chi connectivity index (χ2n) is 6.72. The van der Waals surface area contributed by atoms with E-state index in [2.05, 4.69) is 5.32 Å². The Balaban J connectivity index is 1.74. The van der Waals surface area contributed by atoms with Gasteiger partial charge in [0.1, 0.15) is 11.9 Å². The zero-order chi connectivity index (χ0) is 20.4. The molecule has 0 aromatic heterocycles. The lowest BCUT2D eigenvalue weighted by Crippen LogP contribution is -2.25. The highest BCUT2D eigenvalue weighted by molar-refractivity contribution is 6.30. The number of hydrogen-bond donors (Lipinski definition) is 1. The van der Waals surface area contributed by atoms with E-state index in [0.29, 0.717) is 21.5 Å². The highest BCUT2D eigenvalue weighted by Crippen LogP contribution is 2.38. The lowest BCUT2D eigenvalue weighted by molar-refractivity contribution is 0.355. The van der Waals surface area contributed by atoms with Gasteiger partial charge in [0.2, 0.25) is 0 Å². The van der Waals surface area contributed by atoms with Gasteiger partial charge in [-0.05, 0) is 53.6 Å². The van der Waals surface area contributed by atoms with E-state index in [0.717, 1.165) is 22.5 Å². The van der Waals surface area contributed by atoms with Gasteiger partial charge in [-0.3, -0.25) is 4.99 Å². The molecule has 3 aromatic carbocycles. The number of nitrogens with one attached hydrogen (secondary N) is 1. The number of aliphatic imine (C=N–C) groups is 1. The molecule has 1 aliphatic heterocycles. The molecule has 0 fully saturated rings. The van der Waals surface area contributed by atoms with Gasteiger partial charge in [-0.25, -0.2) is 0 Å². The number of halogens is 2. The van der Waals surface area contributed by atoms with Crippen molar-refractivity contribution in [3.63, 3.8) is 0 Å². The van der Waals surface area contributed by atoms with Crippen molar-refractivity contribution in [2.45, 2.75) is 12.1 Å². The maximum atomic E-state index is 6.09. The molecule has 0 saturated carbocycles. The molecular weight excluding hydrogens is 407 g/mol. The van der Waals surface area contributed by atoms with E-state index in [-0.39, 0.29) is 12.1 Å². The monoisotopic (exact) mass is 426 g/mol. The molecule has 0 radical (unpaired) electrons. The molecule has 0 aliphatic carbocycles. The Labute approximate surface area is 180 Å². The Morgan fingerprint density at radius 1 is 0.759 bits per heavy atom. The van der Waals surface area contributed by atoms with Gasteiger partial charge in [-0.2, -0.15) is 0 Å². The van der Waals surface area contributed by atoms with Gasteiger partial charge >= 0.3 is 0 Å². The molecule has 2 atom stereocenters. The van der Waals surface area contributed by atoms with E-state index >= 15 is 0 Å². The predicted molar refractivity (Wildman–Crippen MR) is 118 cm³/mol. The fraction of sp³-hybridized carbons (Fsp3) is 0.174. The number of methoxy groups -OCH3 is 2. The number of hydrogen-bond acceptors (Lipinski definition) is 4. The van der Waals surface area contributed by atoms with Gasteiger partial charge in [-0.15, -0.1) is 0 Å². The summed E-state index contributed by atoms with van der Waals surface area (Å²) >= 11 is 12.2. The number of benzene rings is 3. The third-order valence-corrected chi connectivity index (χ3v) is 5.48. The van der Waals surface area contributed by atoms with Gasteiger partial charge in [0.25, 0.3) is 0 Å². The van der Waals surface area contributed by atoms with Crippen LogP contribution in [0.2, 0.25) is 10.0 Å². The maximum Gasteiger partial charge on any atom is 0.161 e. The van der Waals surface area contributed by atoms with Crippen LogP contribution in [0.5, 0.6) is 11.5 Å². The van der Waals surface area contributed by atoms with E-state index in [9.17, 15) is 0 Å². The van der Waals surface area contributed by atoms with Crippen LogP contribution < -0.4 is 14.8 Å². The fourth-order valence-electron chi connectivity index (χ4n) is 3.48. The maximum absolute atomic E-state index is 6.09. The summed E-state index contributed by atoms with van der Waals surface area (Å²) in [6.45, 7) is 0. The highest BCUT2D eigenvalue weighted by Gasteiger charge is 2.32. The molecule has 4 rings (SSSR count). The Bertz CT molecular complexity index is 1030. The average molecular weight is 427 g/mol.